The number of halogens is 4. The van der Waals surface area contributed by atoms with Gasteiger partial charge in [0.1, 0.15) is 29.1 Å². The number of nitriles is 2. The molecule has 0 unspecified atom stereocenters. The van der Waals surface area contributed by atoms with Crippen molar-refractivity contribution in [1.29, 1.82) is 10.5 Å². The van der Waals surface area contributed by atoms with Crippen molar-refractivity contribution in [3.8, 4) is 23.3 Å². The van der Waals surface area contributed by atoms with Gasteiger partial charge in [-0.15, -0.1) is 0 Å². The number of H-pyrrole nitrogens is 1. The summed E-state index contributed by atoms with van der Waals surface area (Å²) in [6.45, 7) is 0. The van der Waals surface area contributed by atoms with Crippen molar-refractivity contribution >= 4 is 28.4 Å². The first-order chi connectivity index (χ1) is 10.7. The third-order valence-corrected chi connectivity index (χ3v) is 3.92. The lowest BCUT2D eigenvalue weighted by molar-refractivity contribution is -0.138. The summed E-state index contributed by atoms with van der Waals surface area (Å²) < 4.78 is 38.3. The fraction of sp³-hybridized carbons (Fsp3) is 0.0714. The zero-order valence-electron chi connectivity index (χ0n) is 11.1. The highest BCUT2D eigenvalue weighted by Gasteiger charge is 2.33. The number of aromatic nitrogens is 1. The van der Waals surface area contributed by atoms with Gasteiger partial charge < -0.3 is 10.7 Å². The summed E-state index contributed by atoms with van der Waals surface area (Å²) in [6, 6.07) is 6.49. The minimum absolute atomic E-state index is 0.0807. The van der Waals surface area contributed by atoms with Crippen LogP contribution in [-0.4, -0.2) is 4.98 Å². The highest BCUT2D eigenvalue weighted by Crippen LogP contribution is 2.36. The molecule has 1 aromatic carbocycles. The van der Waals surface area contributed by atoms with Crippen molar-refractivity contribution in [1.82, 2.24) is 4.98 Å². The van der Waals surface area contributed by atoms with E-state index in [9.17, 15) is 23.2 Å². The minimum Gasteiger partial charge on any atom is -0.384 e. The summed E-state index contributed by atoms with van der Waals surface area (Å²) in [4.78, 5) is 14.0. The Kier molecular flexibility index (Phi) is 4.34. The van der Waals surface area contributed by atoms with Gasteiger partial charge in [-0.25, -0.2) is 0 Å². The summed E-state index contributed by atoms with van der Waals surface area (Å²) >= 11 is 1.50. The van der Waals surface area contributed by atoms with E-state index in [2.05, 4.69) is 4.98 Å². The van der Waals surface area contributed by atoms with Crippen molar-refractivity contribution in [3.05, 3.63) is 48.8 Å². The second kappa shape index (κ2) is 5.93. The molecular formula is C14H6F3IN4O. The van der Waals surface area contributed by atoms with Crippen LogP contribution in [0.4, 0.5) is 19.0 Å². The summed E-state index contributed by atoms with van der Waals surface area (Å²) in [5.41, 5.74) is 3.40. The summed E-state index contributed by atoms with van der Waals surface area (Å²) in [5.74, 6) is -0.249. The molecule has 0 saturated carbocycles. The van der Waals surface area contributed by atoms with Crippen LogP contribution >= 0.6 is 22.6 Å². The number of aromatic amines is 1. The smallest absolute Gasteiger partial charge is 0.384 e. The van der Waals surface area contributed by atoms with Crippen LogP contribution in [0.3, 0.4) is 0 Å². The zero-order valence-corrected chi connectivity index (χ0v) is 13.3. The third kappa shape index (κ3) is 3.00. The number of rotatable bonds is 1. The second-order valence-corrected chi connectivity index (χ2v) is 5.57. The van der Waals surface area contributed by atoms with Crippen LogP contribution in [0.25, 0.3) is 11.1 Å². The number of pyridine rings is 1. The Balaban J connectivity index is 2.84. The van der Waals surface area contributed by atoms with Gasteiger partial charge in [0.15, 0.2) is 0 Å². The number of benzene rings is 1. The normalized spacial score (nSPS) is 10.9. The van der Waals surface area contributed by atoms with Gasteiger partial charge in [-0.05, 0) is 40.3 Å². The van der Waals surface area contributed by atoms with E-state index in [-0.39, 0.29) is 31.6 Å². The molecule has 1 aromatic heterocycles. The quantitative estimate of drug-likeness (QED) is 0.679. The molecule has 0 saturated heterocycles. The Hall–Kier alpha value is -2.53. The molecule has 0 bridgehead atoms. The molecule has 9 heteroatoms. The Labute approximate surface area is 141 Å². The van der Waals surface area contributed by atoms with E-state index in [1.807, 2.05) is 0 Å². The van der Waals surface area contributed by atoms with E-state index in [0.717, 1.165) is 18.2 Å². The van der Waals surface area contributed by atoms with Crippen LogP contribution in [0.5, 0.6) is 0 Å². The van der Waals surface area contributed by atoms with E-state index in [0.29, 0.717) is 0 Å². The van der Waals surface area contributed by atoms with Gasteiger partial charge in [0.25, 0.3) is 5.56 Å². The van der Waals surface area contributed by atoms with Crippen LogP contribution < -0.4 is 11.3 Å². The standard InChI is InChI=1S/C14H6F3IN4O/c15-14(16,17)9-2-1-6(3-10(9)18)11-7(4-19)12(21)22-13(23)8(11)5-20/h1-3H,(H3,21,22,23). The summed E-state index contributed by atoms with van der Waals surface area (Å²) in [5, 5.41) is 18.3. The van der Waals surface area contributed by atoms with E-state index in [4.69, 9.17) is 11.0 Å². The SMILES string of the molecule is N#Cc1c(N)[nH]c(=O)c(C#N)c1-c1ccc(C(F)(F)F)c(I)c1. The number of alkyl halides is 3. The number of hydrogen-bond acceptors (Lipinski definition) is 4. The average Bonchev–Trinajstić information content (AvgIpc) is 2.45. The van der Waals surface area contributed by atoms with Gasteiger partial charge in [-0.2, -0.15) is 23.7 Å². The van der Waals surface area contributed by atoms with Crippen LogP contribution in [0.2, 0.25) is 0 Å². The maximum absolute atomic E-state index is 12.8. The van der Waals surface area contributed by atoms with Crippen LogP contribution in [0.15, 0.2) is 23.0 Å². The van der Waals surface area contributed by atoms with Crippen molar-refractivity contribution in [2.75, 3.05) is 5.73 Å². The fourth-order valence-corrected chi connectivity index (χ4v) is 2.85. The lowest BCUT2D eigenvalue weighted by atomic mass is 9.96. The number of nitrogen functional groups attached to an aromatic ring is 1. The first kappa shape index (κ1) is 16.8. The molecule has 0 spiro atoms. The van der Waals surface area contributed by atoms with Gasteiger partial charge in [-0.1, -0.05) is 6.07 Å². The monoisotopic (exact) mass is 430 g/mol. The number of nitrogens with zero attached hydrogens (tertiary/aromatic N) is 2. The Morgan fingerprint density at radius 1 is 1.17 bits per heavy atom. The molecule has 2 aromatic rings. The molecule has 1 heterocycles. The molecule has 0 fully saturated rings. The number of hydrogen-bond donors (Lipinski definition) is 2. The Bertz CT molecular complexity index is 935. The molecule has 0 atom stereocenters. The van der Waals surface area contributed by atoms with Crippen molar-refractivity contribution in [3.63, 3.8) is 0 Å². The number of nitrogens with two attached hydrogens (primary N) is 1. The molecule has 5 nitrogen and oxygen atoms in total. The Morgan fingerprint density at radius 3 is 2.26 bits per heavy atom. The number of nitrogens with one attached hydrogen (secondary N) is 1. The first-order valence-corrected chi connectivity index (χ1v) is 7.01. The fourth-order valence-electron chi connectivity index (χ4n) is 2.03. The highest BCUT2D eigenvalue weighted by atomic mass is 127. The van der Waals surface area contributed by atoms with Gasteiger partial charge in [0.05, 0.1) is 5.56 Å². The molecule has 116 valence electrons. The summed E-state index contributed by atoms with van der Waals surface area (Å²) in [6.07, 6.45) is -4.53. The van der Waals surface area contributed by atoms with Crippen molar-refractivity contribution in [2.24, 2.45) is 0 Å². The number of anilines is 1. The first-order valence-electron chi connectivity index (χ1n) is 5.93. The molecule has 0 radical (unpaired) electrons. The second-order valence-electron chi connectivity index (χ2n) is 4.41. The lowest BCUT2D eigenvalue weighted by Gasteiger charge is -2.13. The summed E-state index contributed by atoms with van der Waals surface area (Å²) in [7, 11) is 0. The predicted octanol–water partition coefficient (Wildman–Crippen LogP) is 2.99. The van der Waals surface area contributed by atoms with Gasteiger partial charge in [-0.3, -0.25) is 4.79 Å². The zero-order chi connectivity index (χ0) is 17.4. The van der Waals surface area contributed by atoms with E-state index >= 15 is 0 Å². The highest BCUT2D eigenvalue weighted by molar-refractivity contribution is 14.1. The maximum atomic E-state index is 12.8. The molecule has 0 aliphatic carbocycles. The van der Waals surface area contributed by atoms with Crippen LogP contribution in [0.1, 0.15) is 16.7 Å². The molecule has 3 N–H and O–H groups in total. The van der Waals surface area contributed by atoms with Gasteiger partial charge in [0, 0.05) is 9.13 Å². The van der Waals surface area contributed by atoms with Crippen molar-refractivity contribution in [2.45, 2.75) is 6.18 Å². The van der Waals surface area contributed by atoms with E-state index < -0.39 is 17.3 Å². The third-order valence-electron chi connectivity index (χ3n) is 3.03. The predicted molar refractivity (Wildman–Crippen MR) is 84.1 cm³/mol. The average molecular weight is 430 g/mol. The molecule has 2 rings (SSSR count). The Morgan fingerprint density at radius 2 is 1.78 bits per heavy atom. The molecule has 0 amide bonds. The lowest BCUT2D eigenvalue weighted by Crippen LogP contribution is -2.16. The molecule has 0 aliphatic rings. The van der Waals surface area contributed by atoms with E-state index in [1.54, 1.807) is 12.1 Å². The minimum atomic E-state index is -4.53. The largest absolute Gasteiger partial charge is 0.417 e. The molecular weight excluding hydrogens is 424 g/mol. The van der Waals surface area contributed by atoms with Crippen LogP contribution in [-0.2, 0) is 6.18 Å². The topological polar surface area (TPSA) is 106 Å². The molecule has 0 aliphatic heterocycles. The maximum Gasteiger partial charge on any atom is 0.417 e. The van der Waals surface area contributed by atoms with Crippen molar-refractivity contribution < 1.29 is 13.2 Å². The molecule has 23 heavy (non-hydrogen) atoms. The van der Waals surface area contributed by atoms with Gasteiger partial charge >= 0.3 is 6.18 Å². The van der Waals surface area contributed by atoms with E-state index in [1.165, 1.54) is 22.6 Å². The van der Waals surface area contributed by atoms with Crippen LogP contribution in [0, 0.1) is 26.2 Å². The van der Waals surface area contributed by atoms with Gasteiger partial charge in [0.2, 0.25) is 0 Å².